The molecule has 2 N–H and O–H groups in total. The molecule has 0 saturated heterocycles. The largest absolute Gasteiger partial charge is 0.492 e. The third-order valence-corrected chi connectivity index (χ3v) is 1.70. The fraction of sp³-hybridized carbons (Fsp3) is 0.400. The maximum absolute atomic E-state index is 12.9. The van der Waals surface area contributed by atoms with Gasteiger partial charge in [0.15, 0.2) is 0 Å². The fourth-order valence-electron chi connectivity index (χ4n) is 1.03. The number of alkyl halides is 1. The Morgan fingerprint density at radius 1 is 1.54 bits per heavy atom. The molecule has 13 heavy (non-hydrogen) atoms. The third kappa shape index (κ3) is 3.03. The van der Waals surface area contributed by atoms with Crippen molar-refractivity contribution in [2.24, 2.45) is 5.73 Å². The molecule has 2 nitrogen and oxygen atoms in total. The Labute approximate surface area is 77.5 Å². The van der Waals surface area contributed by atoms with Crippen molar-refractivity contribution in [1.29, 1.82) is 0 Å². The fourth-order valence-corrected chi connectivity index (χ4v) is 1.03. The first-order valence-corrected chi connectivity index (χ1v) is 4.31. The van der Waals surface area contributed by atoms with Crippen LogP contribution < -0.4 is 10.5 Å². The third-order valence-electron chi connectivity index (χ3n) is 1.70. The van der Waals surface area contributed by atoms with Crippen molar-refractivity contribution in [3.05, 3.63) is 29.8 Å². The second kappa shape index (κ2) is 4.82. The Balaban J connectivity index is 2.68. The maximum Gasteiger partial charge on any atom is 0.122 e. The highest BCUT2D eigenvalue weighted by molar-refractivity contribution is 5.29. The molecule has 1 unspecified atom stereocenters. The summed E-state index contributed by atoms with van der Waals surface area (Å²) in [4.78, 5) is 0. The van der Waals surface area contributed by atoms with Crippen LogP contribution in [0.3, 0.4) is 0 Å². The monoisotopic (exact) mass is 183 g/mol. The molecule has 0 fully saturated rings. The molecular formula is C10H14FNO. The van der Waals surface area contributed by atoms with E-state index in [-0.39, 0.29) is 0 Å². The number of halogens is 1. The highest BCUT2D eigenvalue weighted by Crippen LogP contribution is 2.21. The Kier molecular flexibility index (Phi) is 3.71. The topological polar surface area (TPSA) is 35.2 Å². The molecule has 0 amide bonds. The van der Waals surface area contributed by atoms with Crippen molar-refractivity contribution in [2.45, 2.75) is 13.1 Å². The van der Waals surface area contributed by atoms with Crippen LogP contribution in [-0.2, 0) is 0 Å². The van der Waals surface area contributed by atoms with Crippen molar-refractivity contribution in [3.8, 4) is 5.75 Å². The summed E-state index contributed by atoms with van der Waals surface area (Å²) in [7, 11) is 0. The van der Waals surface area contributed by atoms with Crippen molar-refractivity contribution >= 4 is 0 Å². The molecule has 0 spiro atoms. The second-order valence-corrected chi connectivity index (χ2v) is 2.83. The summed E-state index contributed by atoms with van der Waals surface area (Å²) in [5.74, 6) is 0.674. The zero-order chi connectivity index (χ0) is 9.68. The number of benzene rings is 1. The second-order valence-electron chi connectivity index (χ2n) is 2.83. The molecule has 1 rings (SSSR count). The molecule has 3 heteroatoms. The minimum absolute atomic E-state index is 0.462. The van der Waals surface area contributed by atoms with Crippen LogP contribution in [0.4, 0.5) is 4.39 Å². The van der Waals surface area contributed by atoms with Gasteiger partial charge in [-0.25, -0.2) is 4.39 Å². The first-order chi connectivity index (χ1) is 6.24. The average Bonchev–Trinajstić information content (AvgIpc) is 2.15. The highest BCUT2D eigenvalue weighted by atomic mass is 19.1. The predicted octanol–water partition coefficient (Wildman–Crippen LogP) is 2.05. The van der Waals surface area contributed by atoms with Crippen LogP contribution in [0, 0.1) is 0 Å². The summed E-state index contributed by atoms with van der Waals surface area (Å²) in [6.07, 6.45) is -0.957. The van der Waals surface area contributed by atoms with E-state index < -0.39 is 6.17 Å². The van der Waals surface area contributed by atoms with Gasteiger partial charge < -0.3 is 10.5 Å². The molecule has 0 heterocycles. The molecule has 72 valence electrons. The molecule has 1 aromatic carbocycles. The number of hydrogen-bond acceptors (Lipinski definition) is 2. The molecule has 0 aromatic heterocycles. The summed E-state index contributed by atoms with van der Waals surface area (Å²) in [6.45, 7) is 2.43. The molecule has 0 radical (unpaired) electrons. The van der Waals surface area contributed by atoms with Gasteiger partial charge in [0.1, 0.15) is 18.5 Å². The molecule has 0 bridgehead atoms. The van der Waals surface area contributed by atoms with Crippen LogP contribution >= 0.6 is 0 Å². The number of nitrogens with two attached hydrogens (primary N) is 1. The van der Waals surface area contributed by atoms with Gasteiger partial charge in [-0.2, -0.15) is 0 Å². The molecular weight excluding hydrogens is 169 g/mol. The quantitative estimate of drug-likeness (QED) is 0.775. The summed E-state index contributed by atoms with van der Waals surface area (Å²) >= 11 is 0. The van der Waals surface area contributed by atoms with E-state index in [0.29, 0.717) is 24.5 Å². The van der Waals surface area contributed by atoms with Gasteiger partial charge in [-0.05, 0) is 24.6 Å². The SMILES string of the molecule is CC(F)c1cccc(OCCN)c1. The van der Waals surface area contributed by atoms with Crippen molar-refractivity contribution in [3.63, 3.8) is 0 Å². The van der Waals surface area contributed by atoms with E-state index in [1.807, 2.05) is 0 Å². The summed E-state index contributed by atoms with van der Waals surface area (Å²) in [5, 5.41) is 0. The van der Waals surface area contributed by atoms with Gasteiger partial charge in [0.25, 0.3) is 0 Å². The van der Waals surface area contributed by atoms with Crippen LogP contribution in [0.5, 0.6) is 5.75 Å². The van der Waals surface area contributed by atoms with Crippen LogP contribution in [0.25, 0.3) is 0 Å². The standard InChI is InChI=1S/C10H14FNO/c1-8(11)9-3-2-4-10(7-9)13-6-5-12/h2-4,7-8H,5-6,12H2,1H3. The normalized spacial score (nSPS) is 12.5. The van der Waals surface area contributed by atoms with Crippen LogP contribution in [0.1, 0.15) is 18.7 Å². The van der Waals surface area contributed by atoms with Crippen molar-refractivity contribution in [2.75, 3.05) is 13.2 Å². The van der Waals surface area contributed by atoms with Gasteiger partial charge in [-0.3, -0.25) is 0 Å². The van der Waals surface area contributed by atoms with Crippen LogP contribution in [0.2, 0.25) is 0 Å². The smallest absolute Gasteiger partial charge is 0.122 e. The van der Waals surface area contributed by atoms with Crippen LogP contribution in [0.15, 0.2) is 24.3 Å². The summed E-state index contributed by atoms with van der Waals surface area (Å²) in [5.41, 5.74) is 5.91. The minimum Gasteiger partial charge on any atom is -0.492 e. The Hall–Kier alpha value is -1.09. The van der Waals surface area contributed by atoms with Gasteiger partial charge in [0.2, 0.25) is 0 Å². The van der Waals surface area contributed by atoms with Crippen molar-refractivity contribution in [1.82, 2.24) is 0 Å². The Morgan fingerprint density at radius 2 is 2.31 bits per heavy atom. The molecule has 0 aliphatic carbocycles. The maximum atomic E-state index is 12.9. The number of hydrogen-bond donors (Lipinski definition) is 1. The summed E-state index contributed by atoms with van der Waals surface area (Å²) < 4.78 is 18.1. The summed E-state index contributed by atoms with van der Waals surface area (Å²) in [6, 6.07) is 7.00. The molecule has 1 atom stereocenters. The lowest BCUT2D eigenvalue weighted by Gasteiger charge is -2.07. The Bertz CT molecular complexity index is 263. The van der Waals surface area contributed by atoms with Gasteiger partial charge in [-0.1, -0.05) is 12.1 Å². The Morgan fingerprint density at radius 3 is 2.92 bits per heavy atom. The van der Waals surface area contributed by atoms with Gasteiger partial charge in [-0.15, -0.1) is 0 Å². The first-order valence-electron chi connectivity index (χ1n) is 4.31. The number of rotatable bonds is 4. The van der Waals surface area contributed by atoms with E-state index in [9.17, 15) is 4.39 Å². The lowest BCUT2D eigenvalue weighted by atomic mass is 10.1. The lowest BCUT2D eigenvalue weighted by Crippen LogP contribution is -2.10. The van der Waals surface area contributed by atoms with Crippen LogP contribution in [-0.4, -0.2) is 13.2 Å². The van der Waals surface area contributed by atoms with E-state index in [0.717, 1.165) is 0 Å². The molecule has 0 aliphatic rings. The first kappa shape index (κ1) is 9.99. The van der Waals surface area contributed by atoms with Gasteiger partial charge in [0.05, 0.1) is 0 Å². The van der Waals surface area contributed by atoms with E-state index in [4.69, 9.17) is 10.5 Å². The minimum atomic E-state index is -0.957. The number of ether oxygens (including phenoxy) is 1. The van der Waals surface area contributed by atoms with E-state index in [1.54, 1.807) is 24.3 Å². The zero-order valence-corrected chi connectivity index (χ0v) is 7.66. The van der Waals surface area contributed by atoms with Crippen molar-refractivity contribution < 1.29 is 9.13 Å². The highest BCUT2D eigenvalue weighted by Gasteiger charge is 2.03. The predicted molar refractivity (Wildman–Crippen MR) is 50.5 cm³/mol. The van der Waals surface area contributed by atoms with E-state index in [2.05, 4.69) is 0 Å². The lowest BCUT2D eigenvalue weighted by molar-refractivity contribution is 0.325. The van der Waals surface area contributed by atoms with E-state index in [1.165, 1.54) is 6.92 Å². The average molecular weight is 183 g/mol. The van der Waals surface area contributed by atoms with Gasteiger partial charge in [0, 0.05) is 6.54 Å². The zero-order valence-electron chi connectivity index (χ0n) is 7.66. The molecule has 0 saturated carbocycles. The van der Waals surface area contributed by atoms with E-state index >= 15 is 0 Å². The van der Waals surface area contributed by atoms with Gasteiger partial charge >= 0.3 is 0 Å². The molecule has 0 aliphatic heterocycles. The molecule has 1 aromatic rings.